The highest BCUT2D eigenvalue weighted by atomic mass is 16.7. The Morgan fingerprint density at radius 3 is 1.21 bits per heavy atom. The molecule has 6 N–H and O–H groups in total. The Labute approximate surface area is 463 Å². The summed E-state index contributed by atoms with van der Waals surface area (Å²) < 4.78 is 11.2. The molecule has 1 rings (SSSR count). The van der Waals surface area contributed by atoms with E-state index in [1.165, 1.54) is 64.2 Å². The minimum absolute atomic E-state index is 0.202. The fourth-order valence-electron chi connectivity index (χ4n) is 8.45. The van der Waals surface area contributed by atoms with Crippen molar-refractivity contribution in [3.05, 3.63) is 146 Å². The molecule has 430 valence electrons. The molecule has 0 saturated carbocycles. The average molecular weight is 1060 g/mol. The number of rotatable bonds is 49. The van der Waals surface area contributed by atoms with Gasteiger partial charge in [0, 0.05) is 6.42 Å². The summed E-state index contributed by atoms with van der Waals surface area (Å²) in [5.74, 6) is -0.202. The lowest BCUT2D eigenvalue weighted by atomic mass is 9.99. The second kappa shape index (κ2) is 54.4. The molecule has 1 amide bonds. The number of ether oxygens (including phenoxy) is 2. The SMILES string of the molecule is CC/C=C\C/C=C\C/C=C\C/C=C\C/C=C\C/C=C\C/C=C\C/C=C\C/C=C\C/C=C\C/C=C\CCCCCCCC(=O)NC(COC1OC(CO)C(O)C(O)C1O)C(O)/C=C/CCCCCCCCCCCCCC. The van der Waals surface area contributed by atoms with E-state index in [2.05, 4.69) is 153 Å². The molecule has 1 fully saturated rings. The summed E-state index contributed by atoms with van der Waals surface area (Å²) in [6, 6.07) is -0.826. The van der Waals surface area contributed by atoms with E-state index in [1.54, 1.807) is 6.08 Å². The van der Waals surface area contributed by atoms with Crippen molar-refractivity contribution in [1.82, 2.24) is 5.32 Å². The third kappa shape index (κ3) is 43.1. The number of carbonyl (C=O) groups excluding carboxylic acids is 1. The van der Waals surface area contributed by atoms with E-state index < -0.39 is 49.5 Å². The standard InChI is InChI=1S/C67H109NO8/c1-3-5-7-9-11-13-15-17-19-20-21-22-23-24-25-26-27-28-29-30-31-32-33-34-35-36-37-38-39-40-41-42-43-45-47-49-51-53-55-57-63(71)68-60(59-75-67-66(74)65(73)64(72)62(58-69)76-67)61(70)56-54-52-50-48-46-44-18-16-14-12-10-8-6-4-2/h5,7,11,13,17,19,21-22,24-25,27-28,30-31,33-34,36-37,39-40,42-43,54,56,60-62,64-67,69-70,72-74H,3-4,6,8-10,12,14-16,18,20,23,26,29,32,35,38,41,44-53,55,57-59H2,1-2H3,(H,68,71)/b7-5-,13-11-,19-17-,22-21-,25-24-,28-27-,31-30-,34-33-,37-36-,40-39-,43-42-,56-54+. The molecule has 0 radical (unpaired) electrons. The zero-order valence-electron chi connectivity index (χ0n) is 47.7. The van der Waals surface area contributed by atoms with Crippen molar-refractivity contribution < 1.29 is 39.8 Å². The highest BCUT2D eigenvalue weighted by molar-refractivity contribution is 5.76. The van der Waals surface area contributed by atoms with Gasteiger partial charge in [-0.15, -0.1) is 0 Å². The summed E-state index contributed by atoms with van der Waals surface area (Å²) in [5, 5.41) is 54.4. The van der Waals surface area contributed by atoms with Crippen LogP contribution in [0.3, 0.4) is 0 Å². The van der Waals surface area contributed by atoms with Crippen LogP contribution in [0.5, 0.6) is 0 Å². The summed E-state index contributed by atoms with van der Waals surface area (Å²) in [6.45, 7) is 3.63. The summed E-state index contributed by atoms with van der Waals surface area (Å²) in [4.78, 5) is 13.0. The Balaban J connectivity index is 2.20. The predicted octanol–water partition coefficient (Wildman–Crippen LogP) is 15.5. The Kier molecular flexibility index (Phi) is 50.2. The maximum absolute atomic E-state index is 13.0. The van der Waals surface area contributed by atoms with E-state index in [9.17, 15) is 30.3 Å². The van der Waals surface area contributed by atoms with Gasteiger partial charge in [0.05, 0.1) is 25.4 Å². The fourth-order valence-corrected chi connectivity index (χ4v) is 8.45. The van der Waals surface area contributed by atoms with Crippen molar-refractivity contribution >= 4 is 5.91 Å². The van der Waals surface area contributed by atoms with Crippen molar-refractivity contribution in [3.63, 3.8) is 0 Å². The third-order valence-electron chi connectivity index (χ3n) is 13.2. The zero-order chi connectivity index (χ0) is 55.0. The van der Waals surface area contributed by atoms with E-state index in [-0.39, 0.29) is 12.5 Å². The number of carbonyl (C=O) groups is 1. The summed E-state index contributed by atoms with van der Waals surface area (Å²) in [5.41, 5.74) is 0. The molecule has 9 nitrogen and oxygen atoms in total. The Morgan fingerprint density at radius 2 is 0.816 bits per heavy atom. The first kappa shape index (κ1) is 70.1. The van der Waals surface area contributed by atoms with Crippen LogP contribution in [0.4, 0.5) is 0 Å². The molecule has 0 aromatic carbocycles. The quantitative estimate of drug-likeness (QED) is 0.0261. The molecule has 1 heterocycles. The van der Waals surface area contributed by atoms with Crippen molar-refractivity contribution in [3.8, 4) is 0 Å². The number of hydrogen-bond acceptors (Lipinski definition) is 8. The molecular formula is C67H109NO8. The Bertz CT molecular complexity index is 1700. The molecule has 9 heteroatoms. The van der Waals surface area contributed by atoms with Crippen LogP contribution < -0.4 is 5.32 Å². The van der Waals surface area contributed by atoms with Gasteiger partial charge in [-0.2, -0.15) is 0 Å². The second-order valence-electron chi connectivity index (χ2n) is 20.1. The lowest BCUT2D eigenvalue weighted by molar-refractivity contribution is -0.302. The van der Waals surface area contributed by atoms with Crippen LogP contribution in [0.15, 0.2) is 146 Å². The average Bonchev–Trinajstić information content (AvgIpc) is 3.42. The minimum Gasteiger partial charge on any atom is -0.394 e. The van der Waals surface area contributed by atoms with Crippen LogP contribution in [0.25, 0.3) is 0 Å². The smallest absolute Gasteiger partial charge is 0.220 e. The summed E-state index contributed by atoms with van der Waals surface area (Å²) in [7, 11) is 0. The third-order valence-corrected chi connectivity index (χ3v) is 13.2. The lowest BCUT2D eigenvalue weighted by Gasteiger charge is -2.40. The van der Waals surface area contributed by atoms with Crippen LogP contribution in [-0.4, -0.2) is 87.5 Å². The number of hydrogen-bond donors (Lipinski definition) is 6. The molecule has 76 heavy (non-hydrogen) atoms. The van der Waals surface area contributed by atoms with Gasteiger partial charge in [0.25, 0.3) is 0 Å². The van der Waals surface area contributed by atoms with Gasteiger partial charge in [-0.3, -0.25) is 4.79 Å². The van der Waals surface area contributed by atoms with E-state index in [1.807, 2.05) is 6.08 Å². The Morgan fingerprint density at radius 1 is 0.461 bits per heavy atom. The lowest BCUT2D eigenvalue weighted by Crippen LogP contribution is -2.60. The first-order chi connectivity index (χ1) is 37.3. The van der Waals surface area contributed by atoms with Gasteiger partial charge in [0.2, 0.25) is 5.91 Å². The molecule has 1 saturated heterocycles. The molecular weight excluding hydrogens is 947 g/mol. The molecule has 7 atom stereocenters. The van der Waals surface area contributed by atoms with E-state index >= 15 is 0 Å². The minimum atomic E-state index is -1.58. The predicted molar refractivity (Wildman–Crippen MR) is 322 cm³/mol. The zero-order valence-corrected chi connectivity index (χ0v) is 47.7. The van der Waals surface area contributed by atoms with Crippen LogP contribution in [-0.2, 0) is 14.3 Å². The number of amides is 1. The maximum Gasteiger partial charge on any atom is 0.220 e. The van der Waals surface area contributed by atoms with Crippen molar-refractivity contribution in [2.24, 2.45) is 0 Å². The number of unbranched alkanes of at least 4 members (excludes halogenated alkanes) is 17. The van der Waals surface area contributed by atoms with Gasteiger partial charge in [0.15, 0.2) is 6.29 Å². The number of allylic oxidation sites excluding steroid dienone is 23. The van der Waals surface area contributed by atoms with Crippen LogP contribution in [0.2, 0.25) is 0 Å². The number of aliphatic hydroxyl groups is 5. The second-order valence-corrected chi connectivity index (χ2v) is 20.1. The molecule has 0 aromatic rings. The summed E-state index contributed by atoms with van der Waals surface area (Å²) in [6.07, 6.45) is 77.7. The van der Waals surface area contributed by atoms with Crippen LogP contribution in [0.1, 0.15) is 213 Å². The Hall–Kier alpha value is -3.93. The number of aliphatic hydroxyl groups excluding tert-OH is 5. The van der Waals surface area contributed by atoms with E-state index in [0.29, 0.717) is 6.42 Å². The van der Waals surface area contributed by atoms with E-state index in [0.717, 1.165) is 128 Å². The molecule has 0 spiro atoms. The molecule has 0 aliphatic carbocycles. The maximum atomic E-state index is 13.0. The highest BCUT2D eigenvalue weighted by Crippen LogP contribution is 2.23. The van der Waals surface area contributed by atoms with Gasteiger partial charge >= 0.3 is 0 Å². The molecule has 0 bridgehead atoms. The van der Waals surface area contributed by atoms with Gasteiger partial charge in [-0.25, -0.2) is 0 Å². The molecule has 1 aliphatic rings. The van der Waals surface area contributed by atoms with Gasteiger partial charge in [-0.1, -0.05) is 250 Å². The molecule has 0 aromatic heterocycles. The highest BCUT2D eigenvalue weighted by Gasteiger charge is 2.44. The fraction of sp³-hybridized carbons (Fsp3) is 0.627. The molecule has 7 unspecified atom stereocenters. The molecule has 1 aliphatic heterocycles. The summed E-state index contributed by atoms with van der Waals surface area (Å²) >= 11 is 0. The van der Waals surface area contributed by atoms with Gasteiger partial charge in [-0.05, 0) is 103 Å². The van der Waals surface area contributed by atoms with E-state index in [4.69, 9.17) is 9.47 Å². The number of nitrogens with one attached hydrogen (secondary N) is 1. The van der Waals surface area contributed by atoms with Crippen molar-refractivity contribution in [2.45, 2.75) is 256 Å². The normalized spacial score (nSPS) is 19.9. The van der Waals surface area contributed by atoms with Gasteiger partial charge < -0.3 is 40.3 Å². The topological polar surface area (TPSA) is 149 Å². The first-order valence-corrected chi connectivity index (χ1v) is 30.1. The van der Waals surface area contributed by atoms with Crippen LogP contribution >= 0.6 is 0 Å². The van der Waals surface area contributed by atoms with Crippen molar-refractivity contribution in [2.75, 3.05) is 13.2 Å². The van der Waals surface area contributed by atoms with Crippen molar-refractivity contribution in [1.29, 1.82) is 0 Å². The monoisotopic (exact) mass is 1060 g/mol. The van der Waals surface area contributed by atoms with Crippen LogP contribution in [0, 0.1) is 0 Å². The van der Waals surface area contributed by atoms with Gasteiger partial charge in [0.1, 0.15) is 24.4 Å². The first-order valence-electron chi connectivity index (χ1n) is 30.1. The largest absolute Gasteiger partial charge is 0.394 e.